The normalized spacial score (nSPS) is 15.4. The Morgan fingerprint density at radius 2 is 1.63 bits per heavy atom. The molecule has 1 aliphatic heterocycles. The average molecular weight is 412 g/mol. The van der Waals surface area contributed by atoms with Gasteiger partial charge in [0.2, 0.25) is 0 Å². The van der Waals surface area contributed by atoms with Crippen molar-refractivity contribution in [3.05, 3.63) is 59.7 Å². The number of amides is 2. The van der Waals surface area contributed by atoms with Crippen molar-refractivity contribution in [1.29, 1.82) is 0 Å². The molecule has 1 heterocycles. The molecule has 0 spiro atoms. The second kappa shape index (κ2) is 10.9. The van der Waals surface area contributed by atoms with Crippen LogP contribution >= 0.6 is 0 Å². The quantitative estimate of drug-likeness (QED) is 0.395. The summed E-state index contributed by atoms with van der Waals surface area (Å²) in [5.41, 5.74) is 5.45. The Labute approximate surface area is 176 Å². The topological polar surface area (TPSA) is 99.7 Å². The molecule has 7 heteroatoms. The van der Waals surface area contributed by atoms with E-state index in [9.17, 15) is 9.59 Å². The highest BCUT2D eigenvalue weighted by Crippen LogP contribution is 2.20. The standard InChI is InChI=1S/C23H29N3O4/c1-2-16-3-5-17(6-4-16)18-7-9-19(10-8-18)22(27)25-21(23(28)26-29)15-24-20-11-13-30-14-12-20/h3-10,20-21,24,29H,2,11-15H2,1H3,(H,25,27)(H,26,28)/t21-/m0/s1. The van der Waals surface area contributed by atoms with Crippen molar-refractivity contribution in [3.63, 3.8) is 0 Å². The van der Waals surface area contributed by atoms with E-state index >= 15 is 0 Å². The molecule has 4 N–H and O–H groups in total. The molecule has 2 aromatic rings. The van der Waals surface area contributed by atoms with Crippen molar-refractivity contribution in [2.24, 2.45) is 0 Å². The Bertz CT molecular complexity index is 831. The van der Waals surface area contributed by atoms with Crippen LogP contribution in [0.4, 0.5) is 0 Å². The summed E-state index contributed by atoms with van der Waals surface area (Å²) in [7, 11) is 0. The molecule has 0 radical (unpaired) electrons. The number of carbonyl (C=O) groups excluding carboxylic acids is 2. The van der Waals surface area contributed by atoms with Gasteiger partial charge in [0.25, 0.3) is 11.8 Å². The van der Waals surface area contributed by atoms with Crippen LogP contribution in [0.15, 0.2) is 48.5 Å². The minimum absolute atomic E-state index is 0.225. The van der Waals surface area contributed by atoms with Crippen molar-refractivity contribution >= 4 is 11.8 Å². The highest BCUT2D eigenvalue weighted by molar-refractivity contribution is 5.97. The van der Waals surface area contributed by atoms with Gasteiger partial charge in [0, 0.05) is 31.4 Å². The van der Waals surface area contributed by atoms with Crippen molar-refractivity contribution in [2.45, 2.75) is 38.3 Å². The Balaban J connectivity index is 1.61. The van der Waals surface area contributed by atoms with Gasteiger partial charge in [0.15, 0.2) is 0 Å². The van der Waals surface area contributed by atoms with E-state index < -0.39 is 11.9 Å². The molecule has 3 rings (SSSR count). The van der Waals surface area contributed by atoms with E-state index in [0.717, 1.165) is 30.4 Å². The lowest BCUT2D eigenvalue weighted by molar-refractivity contribution is -0.131. The number of nitrogens with one attached hydrogen (secondary N) is 3. The first-order valence-electron chi connectivity index (χ1n) is 10.4. The summed E-state index contributed by atoms with van der Waals surface area (Å²) in [5, 5.41) is 15.0. The van der Waals surface area contributed by atoms with E-state index in [2.05, 4.69) is 41.8 Å². The van der Waals surface area contributed by atoms with Crippen LogP contribution in [-0.2, 0) is 16.0 Å². The van der Waals surface area contributed by atoms with Crippen LogP contribution < -0.4 is 16.1 Å². The predicted molar refractivity (Wildman–Crippen MR) is 114 cm³/mol. The molecular weight excluding hydrogens is 382 g/mol. The summed E-state index contributed by atoms with van der Waals surface area (Å²) >= 11 is 0. The maximum atomic E-state index is 12.6. The Kier molecular flexibility index (Phi) is 7.96. The SMILES string of the molecule is CCc1ccc(-c2ccc(C(=O)N[C@@H](CNC3CCOCC3)C(=O)NO)cc2)cc1. The second-order valence-corrected chi connectivity index (χ2v) is 7.42. The number of rotatable bonds is 8. The molecule has 160 valence electrons. The molecular formula is C23H29N3O4. The smallest absolute Gasteiger partial charge is 0.267 e. The lowest BCUT2D eigenvalue weighted by atomic mass is 10.0. The fourth-order valence-electron chi connectivity index (χ4n) is 3.46. The van der Waals surface area contributed by atoms with E-state index in [1.165, 1.54) is 5.56 Å². The summed E-state index contributed by atoms with van der Waals surface area (Å²) < 4.78 is 5.32. The van der Waals surface area contributed by atoms with Crippen molar-refractivity contribution in [3.8, 4) is 11.1 Å². The molecule has 1 aliphatic rings. The zero-order valence-corrected chi connectivity index (χ0v) is 17.2. The van der Waals surface area contributed by atoms with Crippen LogP contribution in [0.3, 0.4) is 0 Å². The fraction of sp³-hybridized carbons (Fsp3) is 0.391. The minimum atomic E-state index is -0.883. The van der Waals surface area contributed by atoms with Crippen molar-refractivity contribution in [1.82, 2.24) is 16.1 Å². The molecule has 2 amide bonds. The number of aryl methyl sites for hydroxylation is 1. The van der Waals surface area contributed by atoms with Gasteiger partial charge in [-0.15, -0.1) is 0 Å². The van der Waals surface area contributed by atoms with Crippen LogP contribution in [0.5, 0.6) is 0 Å². The van der Waals surface area contributed by atoms with E-state index in [-0.39, 0.29) is 18.5 Å². The van der Waals surface area contributed by atoms with Gasteiger partial charge < -0.3 is 15.4 Å². The first-order valence-corrected chi connectivity index (χ1v) is 10.4. The van der Waals surface area contributed by atoms with Gasteiger partial charge in [-0.05, 0) is 48.1 Å². The first-order chi connectivity index (χ1) is 14.6. The summed E-state index contributed by atoms with van der Waals surface area (Å²) in [6.07, 6.45) is 2.69. The largest absolute Gasteiger partial charge is 0.381 e. The van der Waals surface area contributed by atoms with Crippen LogP contribution in [0.1, 0.15) is 35.7 Å². The number of hydroxylamine groups is 1. The summed E-state index contributed by atoms with van der Waals surface area (Å²) in [6, 6.07) is 14.9. The number of hydrogen-bond donors (Lipinski definition) is 4. The van der Waals surface area contributed by atoms with Crippen LogP contribution in [-0.4, -0.2) is 48.9 Å². The fourth-order valence-corrected chi connectivity index (χ4v) is 3.46. The number of hydrogen-bond acceptors (Lipinski definition) is 5. The van der Waals surface area contributed by atoms with Gasteiger partial charge in [-0.2, -0.15) is 0 Å². The van der Waals surface area contributed by atoms with Gasteiger partial charge in [-0.1, -0.05) is 43.3 Å². The number of carbonyl (C=O) groups is 2. The molecule has 1 atom stereocenters. The molecule has 0 aromatic heterocycles. The average Bonchev–Trinajstić information content (AvgIpc) is 2.82. The number of ether oxygens (including phenoxy) is 1. The third-order valence-corrected chi connectivity index (χ3v) is 5.41. The third-order valence-electron chi connectivity index (χ3n) is 5.41. The van der Waals surface area contributed by atoms with Gasteiger partial charge in [0.1, 0.15) is 6.04 Å². The van der Waals surface area contributed by atoms with Gasteiger partial charge in [0.05, 0.1) is 0 Å². The second-order valence-electron chi connectivity index (χ2n) is 7.42. The zero-order chi connectivity index (χ0) is 21.3. The Morgan fingerprint density at radius 1 is 1.03 bits per heavy atom. The molecule has 2 aromatic carbocycles. The lowest BCUT2D eigenvalue weighted by Gasteiger charge is -2.25. The first kappa shape index (κ1) is 22.0. The molecule has 1 saturated heterocycles. The van der Waals surface area contributed by atoms with E-state index in [0.29, 0.717) is 18.8 Å². The van der Waals surface area contributed by atoms with Gasteiger partial charge in [-0.25, -0.2) is 5.48 Å². The zero-order valence-electron chi connectivity index (χ0n) is 17.2. The molecule has 0 bridgehead atoms. The van der Waals surface area contributed by atoms with E-state index in [4.69, 9.17) is 9.94 Å². The minimum Gasteiger partial charge on any atom is -0.381 e. The third kappa shape index (κ3) is 5.89. The summed E-state index contributed by atoms with van der Waals surface area (Å²) in [4.78, 5) is 24.6. The van der Waals surface area contributed by atoms with Crippen molar-refractivity contribution < 1.29 is 19.5 Å². The van der Waals surface area contributed by atoms with Crippen LogP contribution in [0, 0.1) is 0 Å². The maximum Gasteiger partial charge on any atom is 0.267 e. The molecule has 30 heavy (non-hydrogen) atoms. The molecule has 0 aliphatic carbocycles. The maximum absolute atomic E-state index is 12.6. The van der Waals surface area contributed by atoms with Crippen molar-refractivity contribution in [2.75, 3.05) is 19.8 Å². The lowest BCUT2D eigenvalue weighted by Crippen LogP contribution is -2.53. The molecule has 7 nitrogen and oxygen atoms in total. The Hall–Kier alpha value is -2.74. The van der Waals surface area contributed by atoms with Crippen LogP contribution in [0.2, 0.25) is 0 Å². The Morgan fingerprint density at radius 3 is 2.20 bits per heavy atom. The monoisotopic (exact) mass is 411 g/mol. The van der Waals surface area contributed by atoms with Gasteiger partial charge >= 0.3 is 0 Å². The number of benzene rings is 2. The molecule has 0 unspecified atom stereocenters. The van der Waals surface area contributed by atoms with E-state index in [1.807, 2.05) is 12.1 Å². The highest BCUT2D eigenvalue weighted by atomic mass is 16.5. The van der Waals surface area contributed by atoms with E-state index in [1.54, 1.807) is 17.6 Å². The summed E-state index contributed by atoms with van der Waals surface area (Å²) in [6.45, 7) is 3.69. The summed E-state index contributed by atoms with van der Waals surface area (Å²) in [5.74, 6) is -1.03. The highest BCUT2D eigenvalue weighted by Gasteiger charge is 2.23. The predicted octanol–water partition coefficient (Wildman–Crippen LogP) is 2.29. The molecule has 0 saturated carbocycles. The van der Waals surface area contributed by atoms with Crippen LogP contribution in [0.25, 0.3) is 11.1 Å². The van der Waals surface area contributed by atoms with Gasteiger partial charge in [-0.3, -0.25) is 14.8 Å². The molecule has 1 fully saturated rings.